The number of carbonyl (C=O) groups is 1. The third-order valence-corrected chi connectivity index (χ3v) is 6.00. The molecule has 0 aliphatic carbocycles. The molecule has 0 N–H and O–H groups in total. The van der Waals surface area contributed by atoms with Crippen LogP contribution in [0, 0.1) is 0 Å². The molecular formula is C24H48BrNO. The normalized spacial score (nSPS) is 11.1. The molecule has 0 fully saturated rings. The molecule has 0 aromatic carbocycles. The maximum Gasteiger partial charge on any atom is 0.222 e. The van der Waals surface area contributed by atoms with Gasteiger partial charge in [-0.25, -0.2) is 0 Å². The predicted octanol–water partition coefficient (Wildman–Crippen LogP) is 8.27. The maximum atomic E-state index is 12.7. The number of hydrogen-bond acceptors (Lipinski definition) is 1. The quantitative estimate of drug-likeness (QED) is 0.128. The van der Waals surface area contributed by atoms with Crippen LogP contribution in [-0.2, 0) is 4.79 Å². The number of unbranched alkanes of at least 4 members (excludes halogenated alkanes) is 14. The summed E-state index contributed by atoms with van der Waals surface area (Å²) in [5.74, 6) is 0.414. The van der Waals surface area contributed by atoms with E-state index in [9.17, 15) is 4.79 Å². The van der Waals surface area contributed by atoms with Crippen LogP contribution in [-0.4, -0.2) is 29.2 Å². The average molecular weight is 447 g/mol. The number of hydrogen-bond donors (Lipinski definition) is 0. The second-order valence-electron chi connectivity index (χ2n) is 8.12. The molecule has 0 saturated carbocycles. The van der Waals surface area contributed by atoms with Gasteiger partial charge in [0.2, 0.25) is 5.91 Å². The second kappa shape index (κ2) is 22.2. The van der Waals surface area contributed by atoms with Gasteiger partial charge in [0.15, 0.2) is 0 Å². The monoisotopic (exact) mass is 445 g/mol. The Bertz CT molecular complexity index is 293. The van der Waals surface area contributed by atoms with Crippen molar-refractivity contribution < 1.29 is 4.79 Å². The lowest BCUT2D eigenvalue weighted by Gasteiger charge is -2.23. The van der Waals surface area contributed by atoms with E-state index in [1.165, 1.54) is 103 Å². The summed E-state index contributed by atoms with van der Waals surface area (Å²) >= 11 is 3.49. The van der Waals surface area contributed by atoms with E-state index in [1.807, 2.05) is 0 Å². The number of halogens is 1. The molecule has 27 heavy (non-hydrogen) atoms. The molecule has 1 amide bonds. The van der Waals surface area contributed by atoms with Crippen LogP contribution < -0.4 is 0 Å². The minimum atomic E-state index is 0.414. The molecule has 162 valence electrons. The lowest BCUT2D eigenvalue weighted by Crippen LogP contribution is -2.32. The molecule has 0 heterocycles. The van der Waals surface area contributed by atoms with Crippen molar-refractivity contribution >= 4 is 21.8 Å². The first kappa shape index (κ1) is 27.0. The van der Waals surface area contributed by atoms with E-state index < -0.39 is 0 Å². The summed E-state index contributed by atoms with van der Waals surface area (Å²) < 4.78 is 0. The first-order valence-electron chi connectivity index (χ1n) is 12.1. The van der Waals surface area contributed by atoms with Gasteiger partial charge in [-0.2, -0.15) is 0 Å². The van der Waals surface area contributed by atoms with Crippen LogP contribution in [0.5, 0.6) is 0 Å². The largest absolute Gasteiger partial charge is 0.343 e. The van der Waals surface area contributed by atoms with E-state index >= 15 is 0 Å². The van der Waals surface area contributed by atoms with Crippen LogP contribution in [0.4, 0.5) is 0 Å². The molecule has 0 atom stereocenters. The summed E-state index contributed by atoms with van der Waals surface area (Å²) in [5, 5.41) is 1.11. The number of amides is 1. The Balaban J connectivity index is 4.02. The Kier molecular flexibility index (Phi) is 22.2. The Morgan fingerprint density at radius 3 is 1.48 bits per heavy atom. The average Bonchev–Trinajstić information content (AvgIpc) is 2.68. The first-order valence-corrected chi connectivity index (χ1v) is 13.2. The standard InChI is InChI=1S/C24H48BrNO/c1-3-5-7-9-14-18-22-26(23-19-15-10-8-6-4-2)24(27)20-16-12-11-13-17-21-25/h3-23H2,1-2H3. The second-order valence-corrected chi connectivity index (χ2v) is 8.92. The molecule has 0 rings (SSSR count). The Morgan fingerprint density at radius 2 is 1.00 bits per heavy atom. The summed E-state index contributed by atoms with van der Waals surface area (Å²) in [5.41, 5.74) is 0. The van der Waals surface area contributed by atoms with Crippen molar-refractivity contribution in [1.82, 2.24) is 4.90 Å². The number of alkyl halides is 1. The van der Waals surface area contributed by atoms with Crippen LogP contribution in [0.2, 0.25) is 0 Å². The van der Waals surface area contributed by atoms with Gasteiger partial charge in [0, 0.05) is 24.8 Å². The van der Waals surface area contributed by atoms with Crippen LogP contribution >= 0.6 is 15.9 Å². The summed E-state index contributed by atoms with van der Waals surface area (Å²) in [4.78, 5) is 14.9. The molecule has 0 aliphatic rings. The molecule has 0 radical (unpaired) electrons. The van der Waals surface area contributed by atoms with Gasteiger partial charge in [-0.05, 0) is 25.7 Å². The van der Waals surface area contributed by atoms with E-state index in [4.69, 9.17) is 0 Å². The molecule has 0 aromatic heterocycles. The molecule has 0 bridgehead atoms. The lowest BCUT2D eigenvalue weighted by atomic mass is 10.1. The highest BCUT2D eigenvalue weighted by Gasteiger charge is 2.12. The van der Waals surface area contributed by atoms with Gasteiger partial charge in [0.25, 0.3) is 0 Å². The highest BCUT2D eigenvalue weighted by Crippen LogP contribution is 2.12. The zero-order valence-corrected chi connectivity index (χ0v) is 20.2. The minimum Gasteiger partial charge on any atom is -0.343 e. The van der Waals surface area contributed by atoms with Crippen LogP contribution in [0.25, 0.3) is 0 Å². The zero-order chi connectivity index (χ0) is 20.0. The van der Waals surface area contributed by atoms with Gasteiger partial charge in [0.05, 0.1) is 0 Å². The molecule has 0 saturated heterocycles. The van der Waals surface area contributed by atoms with E-state index in [2.05, 4.69) is 34.7 Å². The van der Waals surface area contributed by atoms with Crippen LogP contribution in [0.3, 0.4) is 0 Å². The van der Waals surface area contributed by atoms with Gasteiger partial charge in [0.1, 0.15) is 0 Å². The number of rotatable bonds is 21. The third-order valence-electron chi connectivity index (χ3n) is 5.44. The highest BCUT2D eigenvalue weighted by atomic mass is 79.9. The van der Waals surface area contributed by atoms with Crippen molar-refractivity contribution in [2.45, 2.75) is 129 Å². The topological polar surface area (TPSA) is 20.3 Å². The van der Waals surface area contributed by atoms with Gasteiger partial charge in [-0.1, -0.05) is 113 Å². The summed E-state index contributed by atoms with van der Waals surface area (Å²) in [6.45, 7) is 6.51. The van der Waals surface area contributed by atoms with Gasteiger partial charge >= 0.3 is 0 Å². The van der Waals surface area contributed by atoms with Crippen LogP contribution in [0.1, 0.15) is 129 Å². The minimum absolute atomic E-state index is 0.414. The fourth-order valence-electron chi connectivity index (χ4n) is 3.59. The number of carbonyl (C=O) groups excluding carboxylic acids is 1. The van der Waals surface area contributed by atoms with E-state index in [0.29, 0.717) is 5.91 Å². The fourth-order valence-corrected chi connectivity index (χ4v) is 3.98. The summed E-state index contributed by atoms with van der Waals surface area (Å²) in [6, 6.07) is 0. The van der Waals surface area contributed by atoms with Crippen molar-refractivity contribution in [2.75, 3.05) is 18.4 Å². The predicted molar refractivity (Wildman–Crippen MR) is 125 cm³/mol. The molecule has 3 heteroatoms. The molecule has 0 unspecified atom stereocenters. The fraction of sp³-hybridized carbons (Fsp3) is 0.958. The Morgan fingerprint density at radius 1 is 0.593 bits per heavy atom. The van der Waals surface area contributed by atoms with Crippen LogP contribution in [0.15, 0.2) is 0 Å². The van der Waals surface area contributed by atoms with Crippen molar-refractivity contribution in [3.63, 3.8) is 0 Å². The van der Waals surface area contributed by atoms with Crippen molar-refractivity contribution in [2.24, 2.45) is 0 Å². The lowest BCUT2D eigenvalue weighted by molar-refractivity contribution is -0.131. The summed E-state index contributed by atoms with van der Waals surface area (Å²) in [6.07, 6.45) is 22.5. The first-order chi connectivity index (χ1) is 13.3. The smallest absolute Gasteiger partial charge is 0.222 e. The molecule has 0 aromatic rings. The molecule has 0 aliphatic heterocycles. The number of nitrogens with zero attached hydrogens (tertiary/aromatic N) is 1. The van der Waals surface area contributed by atoms with Crippen molar-refractivity contribution in [1.29, 1.82) is 0 Å². The SMILES string of the molecule is CCCCCCCCN(CCCCCCCC)C(=O)CCCCCCCBr. The van der Waals surface area contributed by atoms with Gasteiger partial charge in [-0.15, -0.1) is 0 Å². The van der Waals surface area contributed by atoms with E-state index in [0.717, 1.165) is 31.3 Å². The van der Waals surface area contributed by atoms with E-state index in [1.54, 1.807) is 0 Å². The molecule has 0 spiro atoms. The highest BCUT2D eigenvalue weighted by molar-refractivity contribution is 9.09. The molecule has 2 nitrogen and oxygen atoms in total. The maximum absolute atomic E-state index is 12.7. The molecular weight excluding hydrogens is 398 g/mol. The van der Waals surface area contributed by atoms with Crippen molar-refractivity contribution in [3.8, 4) is 0 Å². The van der Waals surface area contributed by atoms with Gasteiger partial charge < -0.3 is 4.90 Å². The van der Waals surface area contributed by atoms with Gasteiger partial charge in [-0.3, -0.25) is 4.79 Å². The Labute approximate surface area is 179 Å². The third kappa shape index (κ3) is 19.1. The van der Waals surface area contributed by atoms with E-state index in [-0.39, 0.29) is 0 Å². The Hall–Kier alpha value is -0.0500. The zero-order valence-electron chi connectivity index (χ0n) is 18.6. The van der Waals surface area contributed by atoms with Crippen molar-refractivity contribution in [3.05, 3.63) is 0 Å². The summed E-state index contributed by atoms with van der Waals surface area (Å²) in [7, 11) is 0.